The van der Waals surface area contributed by atoms with Crippen molar-refractivity contribution in [3.05, 3.63) is 89.5 Å². The van der Waals surface area contributed by atoms with E-state index in [0.29, 0.717) is 42.3 Å². The van der Waals surface area contributed by atoms with Gasteiger partial charge in [-0.05, 0) is 54.6 Å². The second-order valence-corrected chi connectivity index (χ2v) is 18.4. The first-order valence-electron chi connectivity index (χ1n) is 17.7. The van der Waals surface area contributed by atoms with Crippen LogP contribution in [0.4, 0.5) is 26.7 Å². The van der Waals surface area contributed by atoms with E-state index in [1.165, 1.54) is 4.90 Å². The molecule has 3 fully saturated rings. The van der Waals surface area contributed by atoms with Crippen molar-refractivity contribution in [1.82, 2.24) is 4.90 Å². The van der Waals surface area contributed by atoms with Crippen molar-refractivity contribution < 1.29 is 43.3 Å². The first kappa shape index (κ1) is 35.6. The van der Waals surface area contributed by atoms with E-state index in [1.807, 2.05) is 61.5 Å². The molecule has 13 nitrogen and oxygen atoms in total. The fraction of sp³-hybridized carbons (Fsp3) is 0.421. The molecule has 3 aromatic rings. The van der Waals surface area contributed by atoms with E-state index in [1.54, 1.807) is 46.0 Å². The summed E-state index contributed by atoms with van der Waals surface area (Å²) in [6, 6.07) is 22.3. The number of carbonyl (C=O) groups excluding carboxylic acids is 4. The van der Waals surface area contributed by atoms with Crippen LogP contribution in [0.2, 0.25) is 18.6 Å². The van der Waals surface area contributed by atoms with Crippen LogP contribution in [0.3, 0.4) is 0 Å². The molecule has 1 spiro atoms. The lowest BCUT2D eigenvalue weighted by molar-refractivity contribution is -0.150. The van der Waals surface area contributed by atoms with Gasteiger partial charge in [0.1, 0.15) is 13.2 Å². The highest BCUT2D eigenvalue weighted by Gasteiger charge is 2.66. The van der Waals surface area contributed by atoms with Crippen molar-refractivity contribution in [3.63, 3.8) is 0 Å². The molecule has 4 heterocycles. The Labute approximate surface area is 303 Å². The summed E-state index contributed by atoms with van der Waals surface area (Å²) in [5, 5.41) is 9.86. The minimum absolute atomic E-state index is 0.102. The number of amides is 4. The average molecular weight is 729 g/mol. The second-order valence-electron chi connectivity index (χ2n) is 14.4. The van der Waals surface area contributed by atoms with Gasteiger partial charge in [-0.15, -0.1) is 0 Å². The fourth-order valence-corrected chi connectivity index (χ4v) is 10.9. The molecule has 4 amide bonds. The van der Waals surface area contributed by atoms with Gasteiger partial charge in [-0.3, -0.25) is 19.4 Å². The number of anilines is 3. The van der Waals surface area contributed by atoms with E-state index in [2.05, 4.69) is 0 Å². The van der Waals surface area contributed by atoms with Crippen LogP contribution in [0.5, 0.6) is 0 Å². The molecule has 52 heavy (non-hydrogen) atoms. The van der Waals surface area contributed by atoms with Gasteiger partial charge in [-0.1, -0.05) is 49.4 Å². The summed E-state index contributed by atoms with van der Waals surface area (Å²) in [5.74, 6) is -1.15. The molecule has 274 valence electrons. The molecule has 0 radical (unpaired) electrons. The highest BCUT2D eigenvalue weighted by atomic mass is 28.4. The van der Waals surface area contributed by atoms with E-state index < -0.39 is 43.7 Å². The van der Waals surface area contributed by atoms with Crippen molar-refractivity contribution in [3.8, 4) is 0 Å². The summed E-state index contributed by atoms with van der Waals surface area (Å²) in [6.45, 7) is 7.14. The molecule has 0 unspecified atom stereocenters. The van der Waals surface area contributed by atoms with Crippen molar-refractivity contribution in [1.29, 1.82) is 0 Å². The SMILES string of the molecule is C[C@H]1[C@H]([Si](C)(C)O)[C@@H](CC(=O)N(CCO)Cc2ccccc2)O[C@]12C(=O)N(Cc1cccc(N3CCOC3=O)c1)c1ccc(N3CCOC3=O)cc12. The van der Waals surface area contributed by atoms with Gasteiger partial charge in [0.05, 0.1) is 44.5 Å². The maximum Gasteiger partial charge on any atom is 0.414 e. The molecule has 2 N–H and O–H groups in total. The Morgan fingerprint density at radius 1 is 0.904 bits per heavy atom. The van der Waals surface area contributed by atoms with Gasteiger partial charge in [-0.2, -0.15) is 0 Å². The third-order valence-electron chi connectivity index (χ3n) is 10.7. The molecule has 0 saturated carbocycles. The first-order chi connectivity index (χ1) is 24.9. The van der Waals surface area contributed by atoms with Crippen molar-refractivity contribution >= 4 is 49.4 Å². The fourth-order valence-electron chi connectivity index (χ4n) is 8.37. The number of ether oxygens (including phenoxy) is 3. The van der Waals surface area contributed by atoms with Gasteiger partial charge >= 0.3 is 12.2 Å². The lowest BCUT2D eigenvalue weighted by Gasteiger charge is -2.33. The number of hydrogen-bond acceptors (Lipinski definition) is 9. The lowest BCUT2D eigenvalue weighted by atomic mass is 9.82. The van der Waals surface area contributed by atoms with Crippen LogP contribution in [0.1, 0.15) is 30.0 Å². The van der Waals surface area contributed by atoms with Gasteiger partial charge in [0, 0.05) is 41.5 Å². The number of aliphatic hydroxyl groups is 1. The molecule has 3 saturated heterocycles. The standard InChI is InChI=1S/C38H44N4O9Si/c1-25-34(52(2,3)48)32(22-33(44)39(14-17-43)23-26-8-5-4-6-9-26)51-38(25)30-21-29(41-16-19-50-37(41)47)12-13-31(30)42(35(38)45)24-27-10-7-11-28(20-27)40-15-18-49-36(40)46/h4-13,20-21,25,32,34,43,48H,14-19,22-24H2,1-3H3/t25-,32+,34-,38+/m0/s1. The molecule has 4 atom stereocenters. The molecule has 7 rings (SSSR count). The highest BCUT2D eigenvalue weighted by molar-refractivity contribution is 6.71. The number of nitrogens with zero attached hydrogens (tertiary/aromatic N) is 4. The Kier molecular flexibility index (Phi) is 9.59. The molecule has 4 aliphatic heterocycles. The normalized spacial score (nSPS) is 24.1. The monoisotopic (exact) mass is 728 g/mol. The van der Waals surface area contributed by atoms with E-state index >= 15 is 4.79 Å². The number of fused-ring (bicyclic) bond motifs is 2. The van der Waals surface area contributed by atoms with Gasteiger partial charge in [0.25, 0.3) is 5.91 Å². The lowest BCUT2D eigenvalue weighted by Crippen LogP contribution is -2.46. The molecule has 3 aromatic carbocycles. The minimum atomic E-state index is -3.11. The summed E-state index contributed by atoms with van der Waals surface area (Å²) in [5.41, 5.74) is 1.93. The zero-order valence-electron chi connectivity index (χ0n) is 29.6. The number of carbonyl (C=O) groups is 4. The van der Waals surface area contributed by atoms with Gasteiger partial charge < -0.3 is 33.9 Å². The molecular weight excluding hydrogens is 685 g/mol. The Bertz CT molecular complexity index is 1870. The summed E-state index contributed by atoms with van der Waals surface area (Å²) in [4.78, 5) is 72.2. The van der Waals surface area contributed by atoms with Crippen LogP contribution in [0.15, 0.2) is 72.8 Å². The molecule has 4 aliphatic rings. The van der Waals surface area contributed by atoms with E-state index in [4.69, 9.17) is 14.2 Å². The smallest absolute Gasteiger partial charge is 0.414 e. The van der Waals surface area contributed by atoms with Crippen LogP contribution < -0.4 is 14.7 Å². The number of cyclic esters (lactones) is 2. The Balaban J connectivity index is 1.26. The van der Waals surface area contributed by atoms with Gasteiger partial charge in [-0.25, -0.2) is 9.59 Å². The predicted octanol–water partition coefficient (Wildman–Crippen LogP) is 4.36. The second kappa shape index (κ2) is 14.0. The number of aliphatic hydroxyl groups excluding tert-OH is 1. The number of rotatable bonds is 11. The third-order valence-corrected chi connectivity index (χ3v) is 13.2. The zero-order valence-corrected chi connectivity index (χ0v) is 30.6. The number of hydrogen-bond donors (Lipinski definition) is 2. The molecule has 0 aromatic heterocycles. The van der Waals surface area contributed by atoms with Crippen molar-refractivity contribution in [2.45, 2.75) is 56.8 Å². The van der Waals surface area contributed by atoms with Crippen LogP contribution in [0.25, 0.3) is 0 Å². The Morgan fingerprint density at radius 2 is 1.56 bits per heavy atom. The zero-order chi connectivity index (χ0) is 36.8. The maximum atomic E-state index is 15.1. The minimum Gasteiger partial charge on any atom is -0.447 e. The van der Waals surface area contributed by atoms with Crippen molar-refractivity contribution in [2.75, 3.05) is 54.2 Å². The van der Waals surface area contributed by atoms with Crippen molar-refractivity contribution in [2.24, 2.45) is 5.92 Å². The Hall–Kier alpha value is -4.76. The van der Waals surface area contributed by atoms with E-state index in [0.717, 1.165) is 11.1 Å². The predicted molar refractivity (Wildman–Crippen MR) is 194 cm³/mol. The Morgan fingerprint density at radius 3 is 2.17 bits per heavy atom. The third kappa shape index (κ3) is 6.33. The quantitative estimate of drug-likeness (QED) is 0.275. The number of benzene rings is 3. The summed E-state index contributed by atoms with van der Waals surface area (Å²) < 4.78 is 17.3. The average Bonchev–Trinajstić information content (AvgIpc) is 3.87. The van der Waals surface area contributed by atoms with E-state index in [9.17, 15) is 24.3 Å². The summed E-state index contributed by atoms with van der Waals surface area (Å²) in [7, 11) is -3.11. The topological polar surface area (TPSA) is 149 Å². The largest absolute Gasteiger partial charge is 0.447 e. The summed E-state index contributed by atoms with van der Waals surface area (Å²) in [6.07, 6.45) is -1.83. The van der Waals surface area contributed by atoms with Crippen LogP contribution in [-0.2, 0) is 42.5 Å². The van der Waals surface area contributed by atoms with Crippen LogP contribution in [-0.4, -0.2) is 92.7 Å². The maximum absolute atomic E-state index is 15.1. The molecule has 0 aliphatic carbocycles. The van der Waals surface area contributed by atoms with Crippen LogP contribution in [0, 0.1) is 5.92 Å². The first-order valence-corrected chi connectivity index (χ1v) is 20.7. The molecule has 0 bridgehead atoms. The van der Waals surface area contributed by atoms with E-state index in [-0.39, 0.29) is 51.1 Å². The molecular formula is C38H44N4O9Si. The summed E-state index contributed by atoms with van der Waals surface area (Å²) >= 11 is 0. The van der Waals surface area contributed by atoms with Gasteiger partial charge in [0.15, 0.2) is 13.9 Å². The van der Waals surface area contributed by atoms with Crippen LogP contribution >= 0.6 is 0 Å². The highest BCUT2D eigenvalue weighted by Crippen LogP contribution is 2.60. The van der Waals surface area contributed by atoms with Gasteiger partial charge in [0.2, 0.25) is 5.91 Å². The molecule has 14 heteroatoms.